The number of anilines is 1. The molecule has 3 aromatic rings. The highest BCUT2D eigenvalue weighted by Gasteiger charge is 2.37. The van der Waals surface area contributed by atoms with Crippen LogP contribution in [0.3, 0.4) is 0 Å². The van der Waals surface area contributed by atoms with Crippen LogP contribution in [0.5, 0.6) is 0 Å². The fourth-order valence-electron chi connectivity index (χ4n) is 4.45. The Hall–Kier alpha value is -2.99. The van der Waals surface area contributed by atoms with E-state index in [-0.39, 0.29) is 33.8 Å². The van der Waals surface area contributed by atoms with Gasteiger partial charge < -0.3 is 10.2 Å². The standard InChI is InChI=1S/C31H33Cl3F3N3O4S/c1-5-28(30(42)38-16-19(2)3)39(17-23-25(32)7-6-8-26(23)33)29(41)18-40(45(43,44)22-12-9-20(4)10-13-22)21-11-14-27(34)24(15-21)31(35,36)37/h6-15,19,28H,5,16-18H2,1-4H3,(H,38,42). The van der Waals surface area contributed by atoms with Gasteiger partial charge in [-0.1, -0.05) is 79.3 Å². The molecule has 0 radical (unpaired) electrons. The number of nitrogens with zero attached hydrogens (tertiary/aromatic N) is 2. The first kappa shape index (κ1) is 36.5. The van der Waals surface area contributed by atoms with Crippen molar-refractivity contribution in [3.8, 4) is 0 Å². The van der Waals surface area contributed by atoms with Crippen LogP contribution in [-0.2, 0) is 32.3 Å². The molecule has 45 heavy (non-hydrogen) atoms. The third-order valence-electron chi connectivity index (χ3n) is 6.89. The molecule has 0 aliphatic carbocycles. The predicted octanol–water partition coefficient (Wildman–Crippen LogP) is 7.75. The number of amides is 2. The minimum absolute atomic E-state index is 0.0940. The van der Waals surface area contributed by atoms with Gasteiger partial charge in [0.25, 0.3) is 10.0 Å². The van der Waals surface area contributed by atoms with Crippen LogP contribution in [0.4, 0.5) is 18.9 Å². The van der Waals surface area contributed by atoms with Crippen LogP contribution in [-0.4, -0.2) is 44.3 Å². The van der Waals surface area contributed by atoms with E-state index < -0.39 is 56.9 Å². The molecule has 1 atom stereocenters. The zero-order valence-electron chi connectivity index (χ0n) is 25.0. The van der Waals surface area contributed by atoms with E-state index in [0.29, 0.717) is 22.5 Å². The number of alkyl halides is 3. The maximum absolute atomic E-state index is 14.2. The van der Waals surface area contributed by atoms with Crippen LogP contribution in [0, 0.1) is 12.8 Å². The number of carbonyl (C=O) groups excluding carboxylic acids is 2. The third kappa shape index (κ3) is 9.06. The highest BCUT2D eigenvalue weighted by Crippen LogP contribution is 2.38. The highest BCUT2D eigenvalue weighted by atomic mass is 35.5. The first-order chi connectivity index (χ1) is 21.0. The first-order valence-electron chi connectivity index (χ1n) is 13.9. The van der Waals surface area contributed by atoms with Gasteiger partial charge in [0.05, 0.1) is 21.2 Å². The summed E-state index contributed by atoms with van der Waals surface area (Å²) in [5.41, 5.74) is -0.683. The van der Waals surface area contributed by atoms with Gasteiger partial charge in [-0.3, -0.25) is 13.9 Å². The van der Waals surface area contributed by atoms with E-state index in [1.54, 1.807) is 32.0 Å². The molecule has 1 unspecified atom stereocenters. The maximum Gasteiger partial charge on any atom is 0.417 e. The molecule has 0 spiro atoms. The monoisotopic (exact) mass is 705 g/mol. The molecule has 2 amide bonds. The van der Waals surface area contributed by atoms with Gasteiger partial charge in [0.2, 0.25) is 11.8 Å². The topological polar surface area (TPSA) is 86.8 Å². The summed E-state index contributed by atoms with van der Waals surface area (Å²) in [5, 5.41) is 2.55. The smallest absolute Gasteiger partial charge is 0.354 e. The van der Waals surface area contributed by atoms with Gasteiger partial charge in [-0.2, -0.15) is 13.2 Å². The van der Waals surface area contributed by atoms with Crippen molar-refractivity contribution in [2.24, 2.45) is 5.92 Å². The molecule has 244 valence electrons. The minimum Gasteiger partial charge on any atom is -0.354 e. The third-order valence-corrected chi connectivity index (χ3v) is 9.72. The van der Waals surface area contributed by atoms with E-state index in [0.717, 1.165) is 22.6 Å². The predicted molar refractivity (Wildman–Crippen MR) is 171 cm³/mol. The summed E-state index contributed by atoms with van der Waals surface area (Å²) in [6.45, 7) is 6.26. The average molecular weight is 707 g/mol. The molecule has 0 saturated carbocycles. The molecule has 0 fully saturated rings. The molecule has 0 aliphatic rings. The minimum atomic E-state index is -4.91. The fraction of sp³-hybridized carbons (Fsp3) is 0.355. The Kier molecular flexibility index (Phi) is 12.2. The Morgan fingerprint density at radius 2 is 1.53 bits per heavy atom. The van der Waals surface area contributed by atoms with E-state index >= 15 is 0 Å². The number of sulfonamides is 1. The highest BCUT2D eigenvalue weighted by molar-refractivity contribution is 7.92. The number of hydrogen-bond acceptors (Lipinski definition) is 4. The summed E-state index contributed by atoms with van der Waals surface area (Å²) in [4.78, 5) is 28.4. The summed E-state index contributed by atoms with van der Waals surface area (Å²) in [6, 6.07) is 11.8. The summed E-state index contributed by atoms with van der Waals surface area (Å²) >= 11 is 18.6. The number of aryl methyl sites for hydroxylation is 1. The molecule has 3 rings (SSSR count). The Labute approximate surface area is 276 Å². The van der Waals surface area contributed by atoms with Gasteiger partial charge in [-0.05, 0) is 61.7 Å². The Morgan fingerprint density at radius 3 is 2.07 bits per heavy atom. The number of carbonyl (C=O) groups is 2. The van der Waals surface area contributed by atoms with Gasteiger partial charge in [-0.15, -0.1) is 0 Å². The van der Waals surface area contributed by atoms with Crippen LogP contribution >= 0.6 is 34.8 Å². The summed E-state index contributed by atoms with van der Waals surface area (Å²) in [5.74, 6) is -1.28. The van der Waals surface area contributed by atoms with Gasteiger partial charge in [0.15, 0.2) is 0 Å². The lowest BCUT2D eigenvalue weighted by Gasteiger charge is -2.34. The summed E-state index contributed by atoms with van der Waals surface area (Å²) in [7, 11) is -4.62. The second-order valence-electron chi connectivity index (χ2n) is 10.8. The zero-order chi connectivity index (χ0) is 33.7. The lowest BCUT2D eigenvalue weighted by atomic mass is 10.1. The van der Waals surface area contributed by atoms with Gasteiger partial charge >= 0.3 is 6.18 Å². The number of halogens is 6. The normalized spacial score (nSPS) is 12.6. The Bertz CT molecular complexity index is 1610. The second kappa shape index (κ2) is 15.1. The van der Waals surface area contributed by atoms with Crippen molar-refractivity contribution in [3.05, 3.63) is 92.4 Å². The quantitative estimate of drug-likeness (QED) is 0.209. The molecular formula is C31H33Cl3F3N3O4S. The summed E-state index contributed by atoms with van der Waals surface area (Å²) in [6.07, 6.45) is -4.79. The van der Waals surface area contributed by atoms with Crippen LogP contribution < -0.4 is 9.62 Å². The second-order valence-corrected chi connectivity index (χ2v) is 13.9. The lowest BCUT2D eigenvalue weighted by molar-refractivity contribution is -0.140. The van der Waals surface area contributed by atoms with Crippen molar-refractivity contribution >= 4 is 62.3 Å². The number of nitrogens with one attached hydrogen (secondary N) is 1. The maximum atomic E-state index is 14.2. The molecule has 0 aromatic heterocycles. The van der Waals surface area contributed by atoms with Crippen molar-refractivity contribution in [2.45, 2.75) is 57.8 Å². The average Bonchev–Trinajstić information content (AvgIpc) is 2.96. The van der Waals surface area contributed by atoms with Crippen LogP contribution in [0.25, 0.3) is 0 Å². The molecular weight excluding hydrogens is 674 g/mol. The van der Waals surface area contributed by atoms with E-state index in [2.05, 4.69) is 5.32 Å². The van der Waals surface area contributed by atoms with E-state index in [1.807, 2.05) is 13.8 Å². The van der Waals surface area contributed by atoms with Crippen LogP contribution in [0.1, 0.15) is 43.9 Å². The van der Waals surface area contributed by atoms with Crippen molar-refractivity contribution in [3.63, 3.8) is 0 Å². The van der Waals surface area contributed by atoms with Crippen LogP contribution in [0.15, 0.2) is 65.6 Å². The van der Waals surface area contributed by atoms with E-state index in [1.165, 1.54) is 24.3 Å². The number of benzene rings is 3. The lowest BCUT2D eigenvalue weighted by Crippen LogP contribution is -2.52. The largest absolute Gasteiger partial charge is 0.417 e. The van der Waals surface area contributed by atoms with Crippen LogP contribution in [0.2, 0.25) is 15.1 Å². The zero-order valence-corrected chi connectivity index (χ0v) is 28.0. The van der Waals surface area contributed by atoms with Crippen molar-refractivity contribution in [1.82, 2.24) is 10.2 Å². The van der Waals surface area contributed by atoms with Gasteiger partial charge in [-0.25, -0.2) is 8.42 Å². The summed E-state index contributed by atoms with van der Waals surface area (Å²) < 4.78 is 70.1. The molecule has 3 aromatic carbocycles. The molecule has 7 nitrogen and oxygen atoms in total. The molecule has 0 aliphatic heterocycles. The molecule has 0 bridgehead atoms. The van der Waals surface area contributed by atoms with Crippen molar-refractivity contribution < 1.29 is 31.2 Å². The molecule has 0 heterocycles. The first-order valence-corrected chi connectivity index (χ1v) is 16.5. The SMILES string of the molecule is CCC(C(=O)NCC(C)C)N(Cc1c(Cl)cccc1Cl)C(=O)CN(c1ccc(Cl)c(C(F)(F)F)c1)S(=O)(=O)c1ccc(C)cc1. The van der Waals surface area contributed by atoms with Crippen molar-refractivity contribution in [2.75, 3.05) is 17.4 Å². The van der Waals surface area contributed by atoms with Gasteiger partial charge in [0, 0.05) is 28.7 Å². The van der Waals surface area contributed by atoms with Crippen molar-refractivity contribution in [1.29, 1.82) is 0 Å². The number of rotatable bonds is 12. The molecule has 0 saturated heterocycles. The number of hydrogen-bond donors (Lipinski definition) is 1. The fourth-order valence-corrected chi connectivity index (χ4v) is 6.60. The Balaban J connectivity index is 2.18. The Morgan fingerprint density at radius 1 is 0.933 bits per heavy atom. The van der Waals surface area contributed by atoms with Gasteiger partial charge in [0.1, 0.15) is 12.6 Å². The van der Waals surface area contributed by atoms with E-state index in [4.69, 9.17) is 34.8 Å². The van der Waals surface area contributed by atoms with E-state index in [9.17, 15) is 31.2 Å². The molecule has 1 N–H and O–H groups in total. The molecule has 14 heteroatoms.